The summed E-state index contributed by atoms with van der Waals surface area (Å²) < 4.78 is 0. The van der Waals surface area contributed by atoms with E-state index < -0.39 is 10.8 Å². The summed E-state index contributed by atoms with van der Waals surface area (Å²) in [6.45, 7) is 4.04. The second-order valence-electron chi connectivity index (χ2n) is 6.07. The molecule has 2 aromatic carbocycles. The quantitative estimate of drug-likeness (QED) is 0.648. The molecule has 3 rings (SSSR count). The lowest BCUT2D eigenvalue weighted by Crippen LogP contribution is -2.18. The van der Waals surface area contributed by atoms with Crippen LogP contribution in [-0.4, -0.2) is 23.9 Å². The minimum absolute atomic E-state index is 0.00713. The summed E-state index contributed by atoms with van der Waals surface area (Å²) >= 11 is 5.78. The molecule has 0 bridgehead atoms. The van der Waals surface area contributed by atoms with Gasteiger partial charge in [0.2, 0.25) is 0 Å². The molecule has 6 nitrogen and oxygen atoms in total. The number of hydrogen-bond acceptors (Lipinski definition) is 4. The van der Waals surface area contributed by atoms with Crippen molar-refractivity contribution in [3.8, 4) is 0 Å². The molecule has 2 aromatic rings. The summed E-state index contributed by atoms with van der Waals surface area (Å²) in [4.78, 5) is 25.1. The van der Waals surface area contributed by atoms with Gasteiger partial charge in [-0.25, -0.2) is 0 Å². The molecule has 0 aromatic heterocycles. The van der Waals surface area contributed by atoms with Gasteiger partial charge in [-0.1, -0.05) is 11.6 Å². The third-order valence-electron chi connectivity index (χ3n) is 4.33. The zero-order chi connectivity index (χ0) is 18.0. The summed E-state index contributed by atoms with van der Waals surface area (Å²) in [5.41, 5.74) is 2.69. The topological polar surface area (TPSA) is 75.5 Å². The number of nitrogens with one attached hydrogen (secondary N) is 1. The monoisotopic (exact) mass is 359 g/mol. The number of nitro benzene ring substituents is 1. The zero-order valence-corrected chi connectivity index (χ0v) is 14.5. The predicted molar refractivity (Wildman–Crippen MR) is 98.7 cm³/mol. The molecule has 0 aliphatic carbocycles. The van der Waals surface area contributed by atoms with E-state index in [1.54, 1.807) is 0 Å². The highest BCUT2D eigenvalue weighted by atomic mass is 35.5. The number of benzene rings is 2. The van der Waals surface area contributed by atoms with Crippen molar-refractivity contribution in [1.29, 1.82) is 0 Å². The Morgan fingerprint density at radius 3 is 2.56 bits per heavy atom. The van der Waals surface area contributed by atoms with E-state index in [0.717, 1.165) is 24.3 Å². The number of hydrogen-bond donors (Lipinski definition) is 1. The molecule has 1 aliphatic heterocycles. The van der Waals surface area contributed by atoms with Crippen LogP contribution in [0, 0.1) is 17.0 Å². The molecule has 0 radical (unpaired) electrons. The lowest BCUT2D eigenvalue weighted by Gasteiger charge is -2.19. The molecule has 0 unspecified atom stereocenters. The Hall–Kier alpha value is -2.60. The molecule has 1 N–H and O–H groups in total. The van der Waals surface area contributed by atoms with Crippen LogP contribution in [0.1, 0.15) is 28.8 Å². The fourth-order valence-electron chi connectivity index (χ4n) is 2.95. The Kier molecular flexibility index (Phi) is 4.90. The Bertz CT molecular complexity index is 832. The van der Waals surface area contributed by atoms with Crippen LogP contribution in [0.15, 0.2) is 36.4 Å². The highest BCUT2D eigenvalue weighted by molar-refractivity contribution is 6.32. The van der Waals surface area contributed by atoms with E-state index in [-0.39, 0.29) is 16.3 Å². The Labute approximate surface area is 150 Å². The van der Waals surface area contributed by atoms with Gasteiger partial charge in [0, 0.05) is 36.1 Å². The molecule has 1 amide bonds. The normalized spacial score (nSPS) is 13.8. The average Bonchev–Trinajstić information content (AvgIpc) is 3.11. The number of carbonyl (C=O) groups excluding carboxylic acids is 1. The Morgan fingerprint density at radius 1 is 1.20 bits per heavy atom. The van der Waals surface area contributed by atoms with Crippen molar-refractivity contribution in [2.24, 2.45) is 0 Å². The van der Waals surface area contributed by atoms with Crippen molar-refractivity contribution in [2.45, 2.75) is 19.8 Å². The summed E-state index contributed by atoms with van der Waals surface area (Å²) in [7, 11) is 0. The van der Waals surface area contributed by atoms with Gasteiger partial charge in [0.05, 0.1) is 4.92 Å². The maximum Gasteiger partial charge on any atom is 0.288 e. The molecule has 1 saturated heterocycles. The first-order valence-electron chi connectivity index (χ1n) is 8.06. The lowest BCUT2D eigenvalue weighted by molar-refractivity contribution is -0.384. The van der Waals surface area contributed by atoms with Gasteiger partial charge in [-0.05, 0) is 55.7 Å². The highest BCUT2D eigenvalue weighted by Crippen LogP contribution is 2.28. The summed E-state index contributed by atoms with van der Waals surface area (Å²) in [5, 5.41) is 13.8. The van der Waals surface area contributed by atoms with Gasteiger partial charge in [-0.15, -0.1) is 0 Å². The second-order valence-corrected chi connectivity index (χ2v) is 6.48. The fourth-order valence-corrected chi connectivity index (χ4v) is 3.13. The molecule has 1 fully saturated rings. The first kappa shape index (κ1) is 17.2. The number of nitrogens with zero attached hydrogens (tertiary/aromatic N) is 2. The van der Waals surface area contributed by atoms with Crippen LogP contribution in [0.2, 0.25) is 5.02 Å². The van der Waals surface area contributed by atoms with Gasteiger partial charge in [-0.2, -0.15) is 0 Å². The third kappa shape index (κ3) is 3.74. The number of anilines is 2. The maximum atomic E-state index is 12.4. The maximum absolute atomic E-state index is 12.4. The van der Waals surface area contributed by atoms with Crippen molar-refractivity contribution in [3.63, 3.8) is 0 Å². The second kappa shape index (κ2) is 7.11. The first-order chi connectivity index (χ1) is 12.0. The van der Waals surface area contributed by atoms with Crippen LogP contribution in [0.25, 0.3) is 0 Å². The predicted octanol–water partition coefficient (Wildman–Crippen LogP) is 4.41. The van der Waals surface area contributed by atoms with Crippen molar-refractivity contribution in [3.05, 3.63) is 62.7 Å². The van der Waals surface area contributed by atoms with Crippen LogP contribution < -0.4 is 10.2 Å². The van der Waals surface area contributed by atoms with Gasteiger partial charge < -0.3 is 10.2 Å². The fraction of sp³-hybridized carbons (Fsp3) is 0.278. The van der Waals surface area contributed by atoms with Crippen molar-refractivity contribution < 1.29 is 9.72 Å². The third-order valence-corrected chi connectivity index (χ3v) is 4.65. The van der Waals surface area contributed by atoms with Crippen LogP contribution in [-0.2, 0) is 0 Å². The Morgan fingerprint density at radius 2 is 1.92 bits per heavy atom. The molecule has 7 heteroatoms. The Balaban J connectivity index is 1.79. The molecule has 130 valence electrons. The number of carbonyl (C=O) groups is 1. The van der Waals surface area contributed by atoms with Crippen LogP contribution in [0.4, 0.5) is 17.1 Å². The molecule has 0 saturated carbocycles. The van der Waals surface area contributed by atoms with E-state index in [9.17, 15) is 14.9 Å². The van der Waals surface area contributed by atoms with E-state index in [1.165, 1.54) is 31.0 Å². The van der Waals surface area contributed by atoms with Crippen LogP contribution >= 0.6 is 11.6 Å². The zero-order valence-electron chi connectivity index (χ0n) is 13.8. The van der Waals surface area contributed by atoms with E-state index in [4.69, 9.17) is 11.6 Å². The number of aryl methyl sites for hydroxylation is 1. The molecular formula is C18H18ClN3O3. The number of rotatable bonds is 4. The van der Waals surface area contributed by atoms with E-state index in [2.05, 4.69) is 10.2 Å². The highest BCUT2D eigenvalue weighted by Gasteiger charge is 2.17. The molecule has 1 heterocycles. The molecule has 0 spiro atoms. The summed E-state index contributed by atoms with van der Waals surface area (Å²) in [6.07, 6.45) is 2.40. The minimum atomic E-state index is -0.602. The molecule has 1 aliphatic rings. The molecular weight excluding hydrogens is 342 g/mol. The van der Waals surface area contributed by atoms with Gasteiger partial charge in [0.15, 0.2) is 0 Å². The summed E-state index contributed by atoms with van der Waals surface area (Å²) in [6, 6.07) is 9.91. The first-order valence-corrected chi connectivity index (χ1v) is 8.44. The van der Waals surface area contributed by atoms with E-state index >= 15 is 0 Å². The number of halogens is 1. The van der Waals surface area contributed by atoms with Gasteiger partial charge in [-0.3, -0.25) is 14.9 Å². The van der Waals surface area contributed by atoms with Crippen molar-refractivity contribution in [2.75, 3.05) is 23.3 Å². The average molecular weight is 360 g/mol. The minimum Gasteiger partial charge on any atom is -0.372 e. The smallest absolute Gasteiger partial charge is 0.288 e. The van der Waals surface area contributed by atoms with Crippen LogP contribution in [0.5, 0.6) is 0 Å². The van der Waals surface area contributed by atoms with Gasteiger partial charge in [0.1, 0.15) is 5.02 Å². The largest absolute Gasteiger partial charge is 0.372 e. The number of nitro groups is 1. The van der Waals surface area contributed by atoms with E-state index in [0.29, 0.717) is 5.69 Å². The van der Waals surface area contributed by atoms with Gasteiger partial charge in [0.25, 0.3) is 11.6 Å². The van der Waals surface area contributed by atoms with Gasteiger partial charge >= 0.3 is 0 Å². The lowest BCUT2D eigenvalue weighted by atomic mass is 10.1. The van der Waals surface area contributed by atoms with Crippen molar-refractivity contribution >= 4 is 34.6 Å². The SMILES string of the molecule is Cc1cc(N2CCCC2)ccc1NC(=O)c1ccc(Cl)c([N+](=O)[O-])c1. The standard InChI is InChI=1S/C18H18ClN3O3/c1-12-10-14(21-8-2-3-9-21)5-7-16(12)20-18(23)13-4-6-15(19)17(11-13)22(24)25/h4-7,10-11H,2-3,8-9H2,1H3,(H,20,23). The number of amides is 1. The van der Waals surface area contributed by atoms with E-state index in [1.807, 2.05) is 25.1 Å². The molecule has 0 atom stereocenters. The summed E-state index contributed by atoms with van der Waals surface area (Å²) in [5.74, 6) is -0.406. The molecule has 25 heavy (non-hydrogen) atoms. The van der Waals surface area contributed by atoms with Crippen molar-refractivity contribution in [1.82, 2.24) is 0 Å². The van der Waals surface area contributed by atoms with Crippen LogP contribution in [0.3, 0.4) is 0 Å².